The highest BCUT2D eigenvalue weighted by Crippen LogP contribution is 2.36. The third-order valence-corrected chi connectivity index (χ3v) is 2.35. The van der Waals surface area contributed by atoms with Gasteiger partial charge in [-0.3, -0.25) is 4.48 Å². The summed E-state index contributed by atoms with van der Waals surface area (Å²) in [5.41, 5.74) is 0. The van der Waals surface area contributed by atoms with E-state index in [-0.39, 0.29) is 17.4 Å². The van der Waals surface area contributed by atoms with Crippen molar-refractivity contribution in [2.45, 2.75) is 25.1 Å². The van der Waals surface area contributed by atoms with Gasteiger partial charge in [-0.05, 0) is 0 Å². The molecule has 4 heteroatoms. The highest BCUT2D eigenvalue weighted by Gasteiger charge is 2.52. The molecule has 1 rings (SSSR count). The van der Waals surface area contributed by atoms with Gasteiger partial charge in [-0.15, -0.1) is 8.78 Å². The van der Waals surface area contributed by atoms with E-state index >= 15 is 0 Å². The zero-order valence-corrected chi connectivity index (χ0v) is 6.78. The maximum atomic E-state index is 13.0. The summed E-state index contributed by atoms with van der Waals surface area (Å²) in [6.45, 7) is 0.216. The molecule has 0 spiro atoms. The molecule has 1 saturated heterocycles. The van der Waals surface area contributed by atoms with Crippen LogP contribution in [0.15, 0.2) is 0 Å². The summed E-state index contributed by atoms with van der Waals surface area (Å²) >= 11 is 0. The third kappa shape index (κ3) is 1.50. The van der Waals surface area contributed by atoms with Gasteiger partial charge in [0.2, 0.25) is 0 Å². The Balaban J connectivity index is 2.72. The average Bonchev–Trinajstić information content (AvgIpc) is 1.80. The lowest BCUT2D eigenvalue weighted by atomic mass is 10.1. The standard InChI is InChI=1S/C7H13F3N/c1-11(2)4-3-6(8)5-7(11,9)10/h6H,3-5H2,1-2H3/q+1. The fraction of sp³-hybridized carbons (Fsp3) is 1.00. The van der Waals surface area contributed by atoms with Gasteiger partial charge in [0.05, 0.1) is 20.6 Å². The minimum atomic E-state index is -2.89. The van der Waals surface area contributed by atoms with Crippen LogP contribution >= 0.6 is 0 Å². The first-order chi connectivity index (χ1) is 4.85. The van der Waals surface area contributed by atoms with Crippen molar-refractivity contribution < 1.29 is 17.7 Å². The van der Waals surface area contributed by atoms with Crippen LogP contribution in [0.1, 0.15) is 12.8 Å². The number of piperidine rings is 1. The van der Waals surface area contributed by atoms with Crippen LogP contribution in [0.25, 0.3) is 0 Å². The minimum absolute atomic E-state index is 0.216. The fourth-order valence-corrected chi connectivity index (χ4v) is 1.24. The summed E-state index contributed by atoms with van der Waals surface area (Å²) in [4.78, 5) is 0. The molecule has 0 bridgehead atoms. The normalized spacial score (nSPS) is 35.2. The number of hydrogen-bond acceptors (Lipinski definition) is 0. The molecule has 0 aromatic heterocycles. The molecular weight excluding hydrogens is 155 g/mol. The van der Waals surface area contributed by atoms with E-state index in [0.29, 0.717) is 0 Å². The monoisotopic (exact) mass is 168 g/mol. The largest absolute Gasteiger partial charge is 0.392 e. The van der Waals surface area contributed by atoms with Gasteiger partial charge in [-0.1, -0.05) is 0 Å². The number of quaternary nitrogens is 1. The Morgan fingerprint density at radius 1 is 1.36 bits per heavy atom. The first-order valence-corrected chi connectivity index (χ1v) is 3.70. The molecule has 0 aliphatic carbocycles. The van der Waals surface area contributed by atoms with Crippen molar-refractivity contribution in [1.82, 2.24) is 0 Å². The number of nitrogens with zero attached hydrogens (tertiary/aromatic N) is 1. The molecule has 1 fully saturated rings. The highest BCUT2D eigenvalue weighted by atomic mass is 19.3. The molecule has 1 heterocycles. The van der Waals surface area contributed by atoms with Crippen molar-refractivity contribution in [1.29, 1.82) is 0 Å². The summed E-state index contributed by atoms with van der Waals surface area (Å²) in [6, 6.07) is -2.89. The molecule has 0 radical (unpaired) electrons. The Kier molecular flexibility index (Phi) is 1.90. The Morgan fingerprint density at radius 3 is 2.27 bits per heavy atom. The van der Waals surface area contributed by atoms with Crippen LogP contribution in [0.3, 0.4) is 0 Å². The Morgan fingerprint density at radius 2 is 1.91 bits per heavy atom. The summed E-state index contributed by atoms with van der Waals surface area (Å²) in [6.07, 6.45) is -1.70. The number of alkyl halides is 3. The first-order valence-electron chi connectivity index (χ1n) is 3.70. The second kappa shape index (κ2) is 2.37. The lowest BCUT2D eigenvalue weighted by Gasteiger charge is -2.41. The first kappa shape index (κ1) is 8.84. The zero-order chi connectivity index (χ0) is 8.70. The maximum absolute atomic E-state index is 13.0. The quantitative estimate of drug-likeness (QED) is 0.382. The van der Waals surface area contributed by atoms with Crippen molar-refractivity contribution in [3.05, 3.63) is 0 Å². The van der Waals surface area contributed by atoms with Gasteiger partial charge in [0.1, 0.15) is 12.6 Å². The smallest absolute Gasteiger partial charge is 0.268 e. The Bertz CT molecular complexity index is 156. The Labute approximate surface area is 64.4 Å². The predicted molar refractivity (Wildman–Crippen MR) is 36.1 cm³/mol. The van der Waals surface area contributed by atoms with Crippen LogP contribution in [0.4, 0.5) is 13.2 Å². The van der Waals surface area contributed by atoms with E-state index in [4.69, 9.17) is 0 Å². The average molecular weight is 168 g/mol. The zero-order valence-electron chi connectivity index (χ0n) is 6.78. The lowest BCUT2D eigenvalue weighted by Crippen LogP contribution is -2.59. The molecule has 1 aliphatic rings. The second-order valence-electron chi connectivity index (χ2n) is 3.66. The predicted octanol–water partition coefficient (Wildman–Crippen LogP) is 1.79. The maximum Gasteiger partial charge on any atom is 0.392 e. The van der Waals surface area contributed by atoms with Crippen molar-refractivity contribution in [2.75, 3.05) is 20.6 Å². The van der Waals surface area contributed by atoms with Crippen LogP contribution in [0, 0.1) is 0 Å². The SMILES string of the molecule is C[N+]1(C)CCC(F)CC1(F)F. The number of likely N-dealkylation sites (tertiary alicyclic amines) is 1. The highest BCUT2D eigenvalue weighted by molar-refractivity contribution is 4.69. The molecule has 0 aromatic rings. The van der Waals surface area contributed by atoms with Crippen LogP contribution in [0.2, 0.25) is 0 Å². The van der Waals surface area contributed by atoms with Crippen molar-refractivity contribution in [3.63, 3.8) is 0 Å². The summed E-state index contributed by atoms with van der Waals surface area (Å²) in [5, 5.41) is 0. The molecule has 66 valence electrons. The Hall–Kier alpha value is -0.250. The number of rotatable bonds is 0. The van der Waals surface area contributed by atoms with Gasteiger partial charge in [0.25, 0.3) is 0 Å². The third-order valence-electron chi connectivity index (χ3n) is 2.35. The van der Waals surface area contributed by atoms with Gasteiger partial charge in [-0.2, -0.15) is 0 Å². The number of halogens is 3. The summed E-state index contributed by atoms with van der Waals surface area (Å²) in [5.74, 6) is 0. The van der Waals surface area contributed by atoms with E-state index < -0.39 is 18.6 Å². The van der Waals surface area contributed by atoms with Gasteiger partial charge in [0, 0.05) is 6.42 Å². The van der Waals surface area contributed by atoms with Crippen LogP contribution < -0.4 is 0 Å². The van der Waals surface area contributed by atoms with Gasteiger partial charge < -0.3 is 0 Å². The van der Waals surface area contributed by atoms with Crippen molar-refractivity contribution >= 4 is 0 Å². The minimum Gasteiger partial charge on any atom is -0.268 e. The molecule has 1 atom stereocenters. The molecule has 1 unspecified atom stereocenters. The number of hydrogen-bond donors (Lipinski definition) is 0. The van der Waals surface area contributed by atoms with E-state index in [2.05, 4.69) is 0 Å². The van der Waals surface area contributed by atoms with E-state index in [1.54, 1.807) is 0 Å². The molecule has 0 aromatic carbocycles. The second-order valence-corrected chi connectivity index (χ2v) is 3.66. The fourth-order valence-electron chi connectivity index (χ4n) is 1.24. The topological polar surface area (TPSA) is 0 Å². The molecule has 11 heavy (non-hydrogen) atoms. The van der Waals surface area contributed by atoms with Gasteiger partial charge in [-0.25, -0.2) is 4.39 Å². The van der Waals surface area contributed by atoms with E-state index in [9.17, 15) is 13.2 Å². The molecule has 1 aliphatic heterocycles. The molecule has 0 amide bonds. The van der Waals surface area contributed by atoms with Crippen molar-refractivity contribution in [3.8, 4) is 0 Å². The molecule has 0 saturated carbocycles. The van der Waals surface area contributed by atoms with E-state index in [0.717, 1.165) is 0 Å². The molecule has 1 nitrogen and oxygen atoms in total. The van der Waals surface area contributed by atoms with Crippen LogP contribution in [0.5, 0.6) is 0 Å². The molecule has 0 N–H and O–H groups in total. The molecular formula is C7H13F3N+. The van der Waals surface area contributed by atoms with E-state index in [1.807, 2.05) is 0 Å². The van der Waals surface area contributed by atoms with E-state index in [1.165, 1.54) is 14.1 Å². The van der Waals surface area contributed by atoms with Gasteiger partial charge in [0.15, 0.2) is 0 Å². The summed E-state index contributed by atoms with van der Waals surface area (Å²) < 4.78 is 38.1. The lowest BCUT2D eigenvalue weighted by molar-refractivity contribution is -0.983. The van der Waals surface area contributed by atoms with Crippen molar-refractivity contribution in [2.24, 2.45) is 0 Å². The van der Waals surface area contributed by atoms with Gasteiger partial charge >= 0.3 is 6.05 Å². The van der Waals surface area contributed by atoms with Crippen LogP contribution in [-0.2, 0) is 0 Å². The summed E-state index contributed by atoms with van der Waals surface area (Å²) in [7, 11) is 2.87. The van der Waals surface area contributed by atoms with Crippen LogP contribution in [-0.4, -0.2) is 37.3 Å².